The quantitative estimate of drug-likeness (QED) is 0.660. The molecule has 0 aromatic heterocycles. The average molecular weight is 263 g/mol. The smallest absolute Gasteiger partial charge is 0.277 e. The van der Waals surface area contributed by atoms with Gasteiger partial charge in [-0.05, 0) is 25.2 Å². The highest BCUT2D eigenvalue weighted by molar-refractivity contribution is 7.87. The van der Waals surface area contributed by atoms with E-state index in [4.69, 9.17) is 5.73 Å². The minimum absolute atomic E-state index is 0.291. The lowest BCUT2D eigenvalue weighted by Crippen LogP contribution is -2.61. The van der Waals surface area contributed by atoms with Crippen molar-refractivity contribution in [3.63, 3.8) is 0 Å². The lowest BCUT2D eigenvalue weighted by atomic mass is 9.74. The Balaban J connectivity index is 2.74. The summed E-state index contributed by atoms with van der Waals surface area (Å²) in [5.74, 6) is 0.291. The van der Waals surface area contributed by atoms with E-state index in [1.807, 2.05) is 6.92 Å². The Morgan fingerprint density at radius 2 is 2.12 bits per heavy atom. The van der Waals surface area contributed by atoms with Crippen molar-refractivity contribution in [3.8, 4) is 0 Å². The van der Waals surface area contributed by atoms with Crippen molar-refractivity contribution in [3.05, 3.63) is 0 Å². The van der Waals surface area contributed by atoms with E-state index in [-0.39, 0.29) is 0 Å². The molecule has 0 amide bonds. The second-order valence-electron chi connectivity index (χ2n) is 5.01. The van der Waals surface area contributed by atoms with E-state index >= 15 is 0 Å². The second kappa shape index (κ2) is 6.13. The molecule has 102 valence electrons. The summed E-state index contributed by atoms with van der Waals surface area (Å²) in [6.07, 6.45) is 4.85. The van der Waals surface area contributed by atoms with Crippen molar-refractivity contribution in [2.75, 3.05) is 13.1 Å². The zero-order chi connectivity index (χ0) is 12.9. The number of nitrogens with one attached hydrogen (secondary N) is 2. The first-order valence-corrected chi connectivity index (χ1v) is 7.93. The van der Waals surface area contributed by atoms with Gasteiger partial charge in [0.1, 0.15) is 0 Å². The molecule has 0 bridgehead atoms. The zero-order valence-electron chi connectivity index (χ0n) is 10.8. The summed E-state index contributed by atoms with van der Waals surface area (Å²) < 4.78 is 29.1. The first-order chi connectivity index (χ1) is 7.96. The van der Waals surface area contributed by atoms with E-state index in [0.29, 0.717) is 19.0 Å². The summed E-state index contributed by atoms with van der Waals surface area (Å²) in [6, 6.07) is 0. The molecule has 0 aromatic rings. The normalized spacial score (nSPS) is 30.4. The van der Waals surface area contributed by atoms with Gasteiger partial charge in [-0.3, -0.25) is 0 Å². The van der Waals surface area contributed by atoms with Crippen molar-refractivity contribution in [1.29, 1.82) is 0 Å². The predicted octanol–water partition coefficient (Wildman–Crippen LogP) is 0.728. The van der Waals surface area contributed by atoms with Crippen molar-refractivity contribution >= 4 is 10.2 Å². The van der Waals surface area contributed by atoms with Crippen LogP contribution in [0, 0.1) is 5.92 Å². The van der Waals surface area contributed by atoms with Crippen LogP contribution in [-0.2, 0) is 10.2 Å². The molecule has 0 radical (unpaired) electrons. The molecule has 1 aliphatic carbocycles. The highest BCUT2D eigenvalue weighted by Gasteiger charge is 2.39. The Morgan fingerprint density at radius 3 is 2.65 bits per heavy atom. The summed E-state index contributed by atoms with van der Waals surface area (Å²) in [5.41, 5.74) is 5.35. The number of hydrogen-bond donors (Lipinski definition) is 3. The molecule has 1 rings (SSSR count). The summed E-state index contributed by atoms with van der Waals surface area (Å²) in [4.78, 5) is 0. The highest BCUT2D eigenvalue weighted by atomic mass is 32.2. The van der Waals surface area contributed by atoms with Gasteiger partial charge in [0.15, 0.2) is 0 Å². The summed E-state index contributed by atoms with van der Waals surface area (Å²) in [5, 5.41) is 0. The maximum Gasteiger partial charge on any atom is 0.277 e. The molecule has 1 saturated carbocycles. The highest BCUT2D eigenvalue weighted by Crippen LogP contribution is 2.33. The SMILES string of the molecule is CCCNS(=O)(=O)NC1(CN)CCCCC1C. The fourth-order valence-corrected chi connectivity index (χ4v) is 3.92. The standard InChI is InChI=1S/C11H25N3O2S/c1-3-8-13-17(15,16)14-11(9-12)7-5-4-6-10(11)2/h10,13-14H,3-9,12H2,1-2H3. The first kappa shape index (κ1) is 14.9. The van der Waals surface area contributed by atoms with E-state index in [2.05, 4.69) is 16.4 Å². The number of rotatable bonds is 6. The molecular weight excluding hydrogens is 238 g/mol. The van der Waals surface area contributed by atoms with Crippen molar-refractivity contribution in [2.45, 2.75) is 51.5 Å². The van der Waals surface area contributed by atoms with Crippen LogP contribution in [-0.4, -0.2) is 27.0 Å². The molecular formula is C11H25N3O2S. The lowest BCUT2D eigenvalue weighted by molar-refractivity contribution is 0.190. The predicted molar refractivity (Wildman–Crippen MR) is 69.8 cm³/mol. The average Bonchev–Trinajstić information content (AvgIpc) is 2.29. The Morgan fingerprint density at radius 1 is 1.41 bits per heavy atom. The molecule has 0 aliphatic heterocycles. The van der Waals surface area contributed by atoms with E-state index in [1.165, 1.54) is 0 Å². The fraction of sp³-hybridized carbons (Fsp3) is 1.00. The van der Waals surface area contributed by atoms with Gasteiger partial charge in [-0.15, -0.1) is 0 Å². The molecule has 0 heterocycles. The maximum atomic E-state index is 11.9. The van der Waals surface area contributed by atoms with Gasteiger partial charge in [0, 0.05) is 18.6 Å². The number of nitrogens with two attached hydrogens (primary N) is 1. The lowest BCUT2D eigenvalue weighted by Gasteiger charge is -2.42. The van der Waals surface area contributed by atoms with Crippen molar-refractivity contribution < 1.29 is 8.42 Å². The molecule has 0 saturated heterocycles. The van der Waals surface area contributed by atoms with Crippen LogP contribution in [0.15, 0.2) is 0 Å². The van der Waals surface area contributed by atoms with E-state index < -0.39 is 15.7 Å². The van der Waals surface area contributed by atoms with Crippen LogP contribution in [0.25, 0.3) is 0 Å². The molecule has 5 nitrogen and oxygen atoms in total. The molecule has 1 fully saturated rings. The van der Waals surface area contributed by atoms with Gasteiger partial charge in [-0.2, -0.15) is 13.1 Å². The molecule has 0 spiro atoms. The fourth-order valence-electron chi connectivity index (χ4n) is 2.45. The Kier molecular flexibility index (Phi) is 5.37. The van der Waals surface area contributed by atoms with Gasteiger partial charge in [-0.25, -0.2) is 4.72 Å². The van der Waals surface area contributed by atoms with Gasteiger partial charge in [0.05, 0.1) is 0 Å². The van der Waals surface area contributed by atoms with Crippen molar-refractivity contribution in [1.82, 2.24) is 9.44 Å². The van der Waals surface area contributed by atoms with Crippen LogP contribution < -0.4 is 15.2 Å². The second-order valence-corrected chi connectivity index (χ2v) is 6.51. The van der Waals surface area contributed by atoms with Gasteiger partial charge in [0.25, 0.3) is 10.2 Å². The largest absolute Gasteiger partial charge is 0.329 e. The number of hydrogen-bond acceptors (Lipinski definition) is 3. The van der Waals surface area contributed by atoms with Crippen LogP contribution in [0.1, 0.15) is 46.0 Å². The third-order valence-corrected chi connectivity index (χ3v) is 4.96. The summed E-state index contributed by atoms with van der Waals surface area (Å²) in [6.45, 7) is 4.84. The molecule has 2 unspecified atom stereocenters. The molecule has 0 aromatic carbocycles. The molecule has 1 aliphatic rings. The first-order valence-electron chi connectivity index (χ1n) is 6.44. The van der Waals surface area contributed by atoms with Crippen LogP contribution in [0.3, 0.4) is 0 Å². The summed E-state index contributed by atoms with van der Waals surface area (Å²) in [7, 11) is -3.43. The molecule has 17 heavy (non-hydrogen) atoms. The topological polar surface area (TPSA) is 84.2 Å². The minimum Gasteiger partial charge on any atom is -0.329 e. The van der Waals surface area contributed by atoms with Crippen LogP contribution >= 0.6 is 0 Å². The third kappa shape index (κ3) is 3.91. The van der Waals surface area contributed by atoms with Crippen molar-refractivity contribution in [2.24, 2.45) is 11.7 Å². The van der Waals surface area contributed by atoms with Gasteiger partial charge < -0.3 is 5.73 Å². The molecule has 4 N–H and O–H groups in total. The van der Waals surface area contributed by atoms with E-state index in [0.717, 1.165) is 32.1 Å². The van der Waals surface area contributed by atoms with E-state index in [9.17, 15) is 8.42 Å². The Labute approximate surface area is 105 Å². The Hall–Kier alpha value is -0.170. The summed E-state index contributed by atoms with van der Waals surface area (Å²) >= 11 is 0. The van der Waals surface area contributed by atoms with Gasteiger partial charge >= 0.3 is 0 Å². The van der Waals surface area contributed by atoms with Crippen LogP contribution in [0.5, 0.6) is 0 Å². The van der Waals surface area contributed by atoms with Crippen LogP contribution in [0.2, 0.25) is 0 Å². The third-order valence-electron chi connectivity index (χ3n) is 3.70. The monoisotopic (exact) mass is 263 g/mol. The van der Waals surface area contributed by atoms with Crippen LogP contribution in [0.4, 0.5) is 0 Å². The Bertz CT molecular complexity index is 332. The molecule has 6 heteroatoms. The zero-order valence-corrected chi connectivity index (χ0v) is 11.6. The van der Waals surface area contributed by atoms with Gasteiger partial charge in [0.2, 0.25) is 0 Å². The molecule has 2 atom stereocenters. The van der Waals surface area contributed by atoms with E-state index in [1.54, 1.807) is 0 Å². The van der Waals surface area contributed by atoms with Gasteiger partial charge in [-0.1, -0.05) is 26.7 Å². The maximum absolute atomic E-state index is 11.9. The minimum atomic E-state index is -3.43.